The number of morpholine rings is 1. The summed E-state index contributed by atoms with van der Waals surface area (Å²) in [5.74, 6) is -1.55. The van der Waals surface area contributed by atoms with Gasteiger partial charge in [0, 0.05) is 25.2 Å². The smallest absolute Gasteiger partial charge is 0.344 e. The third kappa shape index (κ3) is 5.62. The van der Waals surface area contributed by atoms with Crippen LogP contribution in [0, 0.1) is 38.5 Å². The van der Waals surface area contributed by atoms with Crippen LogP contribution in [0.4, 0.5) is 11.4 Å². The molecular formula is C23H20N4O9. The van der Waals surface area contributed by atoms with E-state index in [1.54, 1.807) is 0 Å². The molecule has 0 unspecified atom stereocenters. The van der Waals surface area contributed by atoms with E-state index in [4.69, 9.17) is 14.2 Å². The van der Waals surface area contributed by atoms with Crippen molar-refractivity contribution in [1.82, 2.24) is 4.90 Å². The summed E-state index contributed by atoms with van der Waals surface area (Å²) in [5, 5.41) is 32.0. The van der Waals surface area contributed by atoms with Crippen molar-refractivity contribution >= 4 is 29.3 Å². The van der Waals surface area contributed by atoms with Crippen LogP contribution in [-0.4, -0.2) is 60.0 Å². The van der Waals surface area contributed by atoms with Gasteiger partial charge in [0.05, 0.1) is 35.7 Å². The Bertz CT molecular complexity index is 1270. The lowest BCUT2D eigenvalue weighted by Crippen LogP contribution is -2.41. The zero-order valence-electron chi connectivity index (χ0n) is 19.3. The average Bonchev–Trinajstić information content (AvgIpc) is 2.87. The summed E-state index contributed by atoms with van der Waals surface area (Å²) in [4.78, 5) is 47.7. The maximum Gasteiger partial charge on any atom is 0.344 e. The topological polar surface area (TPSA) is 175 Å². The maximum atomic E-state index is 12.7. The number of ether oxygens (including phenoxy) is 3. The molecule has 0 radical (unpaired) electrons. The first-order valence-corrected chi connectivity index (χ1v) is 10.5. The van der Waals surface area contributed by atoms with E-state index in [2.05, 4.69) is 0 Å². The number of nitro benzene ring substituents is 2. The lowest BCUT2D eigenvalue weighted by molar-refractivity contribution is -0.395. The van der Waals surface area contributed by atoms with E-state index in [9.17, 15) is 35.1 Å². The predicted octanol–water partition coefficient (Wildman–Crippen LogP) is 2.81. The Labute approximate surface area is 204 Å². The minimum absolute atomic E-state index is 0.0596. The number of hydrogen-bond donors (Lipinski definition) is 0. The number of carbonyl (C=O) groups is 2. The molecule has 36 heavy (non-hydrogen) atoms. The van der Waals surface area contributed by atoms with Crippen LogP contribution < -0.4 is 9.47 Å². The van der Waals surface area contributed by atoms with Gasteiger partial charge in [-0.2, -0.15) is 5.26 Å². The third-order valence-electron chi connectivity index (χ3n) is 5.33. The van der Waals surface area contributed by atoms with Gasteiger partial charge in [0.15, 0.2) is 11.5 Å². The molecule has 0 aliphatic carbocycles. The number of rotatable bonds is 7. The van der Waals surface area contributed by atoms with E-state index in [-0.39, 0.29) is 22.6 Å². The van der Waals surface area contributed by atoms with Gasteiger partial charge in [-0.1, -0.05) is 6.07 Å². The van der Waals surface area contributed by atoms with Crippen LogP contribution in [-0.2, 0) is 9.53 Å². The molecule has 1 aliphatic rings. The van der Waals surface area contributed by atoms with Crippen LogP contribution in [0.5, 0.6) is 11.5 Å². The predicted molar refractivity (Wildman–Crippen MR) is 123 cm³/mol. The van der Waals surface area contributed by atoms with E-state index in [0.29, 0.717) is 31.9 Å². The first-order valence-electron chi connectivity index (χ1n) is 10.5. The van der Waals surface area contributed by atoms with Crippen LogP contribution in [0.1, 0.15) is 21.5 Å². The lowest BCUT2D eigenvalue weighted by atomic mass is 10.1. The molecule has 1 amide bonds. The van der Waals surface area contributed by atoms with E-state index < -0.39 is 38.7 Å². The monoisotopic (exact) mass is 496 g/mol. The second kappa shape index (κ2) is 11.1. The van der Waals surface area contributed by atoms with Gasteiger partial charge in [-0.15, -0.1) is 0 Å². The number of methoxy groups -OCH3 is 1. The number of nitro groups is 2. The van der Waals surface area contributed by atoms with Gasteiger partial charge in [0.1, 0.15) is 17.2 Å². The molecule has 1 saturated heterocycles. The SMILES string of the molecule is COc1cc(/C=C(\C#N)C(=O)N2CCOCC2)ccc1OC(=O)c1cc([N+](=O)[O-])c(C)c([N+](=O)[O-])c1. The Morgan fingerprint density at radius 1 is 1.08 bits per heavy atom. The second-order valence-electron chi connectivity index (χ2n) is 7.53. The zero-order valence-corrected chi connectivity index (χ0v) is 19.3. The van der Waals surface area contributed by atoms with Crippen molar-refractivity contribution in [2.75, 3.05) is 33.4 Å². The van der Waals surface area contributed by atoms with Gasteiger partial charge in [0.25, 0.3) is 17.3 Å². The van der Waals surface area contributed by atoms with Crippen LogP contribution in [0.3, 0.4) is 0 Å². The summed E-state index contributed by atoms with van der Waals surface area (Å²) < 4.78 is 15.7. The molecule has 0 aromatic heterocycles. The molecule has 0 N–H and O–H groups in total. The highest BCUT2D eigenvalue weighted by Crippen LogP contribution is 2.32. The maximum absolute atomic E-state index is 12.7. The highest BCUT2D eigenvalue weighted by molar-refractivity contribution is 6.01. The van der Waals surface area contributed by atoms with E-state index in [1.165, 1.54) is 43.2 Å². The number of carbonyl (C=O) groups excluding carboxylic acids is 2. The molecule has 1 heterocycles. The standard InChI is InChI=1S/C23H20N4O9/c1-14-18(26(30)31)11-16(12-19(14)27(32)33)23(29)36-20-4-3-15(10-21(20)34-2)9-17(13-24)22(28)25-5-7-35-8-6-25/h3-4,9-12H,5-8H2,1-2H3/b17-9+. The van der Waals surface area contributed by atoms with Gasteiger partial charge >= 0.3 is 5.97 Å². The van der Waals surface area contributed by atoms with E-state index in [1.807, 2.05) is 6.07 Å². The molecule has 0 bridgehead atoms. The summed E-state index contributed by atoms with van der Waals surface area (Å²) >= 11 is 0. The Morgan fingerprint density at radius 3 is 2.22 bits per heavy atom. The summed E-state index contributed by atoms with van der Waals surface area (Å²) in [6, 6.07) is 7.90. The van der Waals surface area contributed by atoms with Gasteiger partial charge in [-0.25, -0.2) is 4.79 Å². The number of hydrogen-bond acceptors (Lipinski definition) is 10. The van der Waals surface area contributed by atoms with Crippen LogP contribution in [0.2, 0.25) is 0 Å². The molecule has 1 aliphatic heterocycles. The number of esters is 1. The Balaban J connectivity index is 1.88. The van der Waals surface area contributed by atoms with Crippen molar-refractivity contribution in [1.29, 1.82) is 5.26 Å². The molecule has 1 fully saturated rings. The Hall–Kier alpha value is -4.83. The lowest BCUT2D eigenvalue weighted by Gasteiger charge is -2.26. The first kappa shape index (κ1) is 25.8. The van der Waals surface area contributed by atoms with E-state index >= 15 is 0 Å². The highest BCUT2D eigenvalue weighted by Gasteiger charge is 2.27. The second-order valence-corrected chi connectivity index (χ2v) is 7.53. The Kier molecular flexibility index (Phi) is 7.92. The molecule has 0 spiro atoms. The van der Waals surface area contributed by atoms with Gasteiger partial charge in [0.2, 0.25) is 0 Å². The Morgan fingerprint density at radius 2 is 1.69 bits per heavy atom. The molecule has 2 aromatic carbocycles. The minimum atomic E-state index is -1.08. The van der Waals surface area contributed by atoms with Crippen LogP contribution in [0.15, 0.2) is 35.9 Å². The summed E-state index contributed by atoms with van der Waals surface area (Å²) in [5.41, 5.74) is -1.49. The van der Waals surface area contributed by atoms with Crippen molar-refractivity contribution in [2.45, 2.75) is 6.92 Å². The molecule has 13 nitrogen and oxygen atoms in total. The molecule has 2 aromatic rings. The third-order valence-corrected chi connectivity index (χ3v) is 5.33. The first-order chi connectivity index (χ1) is 17.2. The van der Waals surface area contributed by atoms with Crippen molar-refractivity contribution < 1.29 is 33.6 Å². The molecule has 13 heteroatoms. The fourth-order valence-electron chi connectivity index (χ4n) is 3.44. The normalized spacial score (nSPS) is 13.5. The highest BCUT2D eigenvalue weighted by atomic mass is 16.6. The van der Waals surface area contributed by atoms with Crippen LogP contribution >= 0.6 is 0 Å². The fraction of sp³-hybridized carbons (Fsp3) is 0.261. The summed E-state index contributed by atoms with van der Waals surface area (Å²) in [6.07, 6.45) is 1.36. The molecule has 3 rings (SSSR count). The molecule has 0 saturated carbocycles. The fourth-order valence-corrected chi connectivity index (χ4v) is 3.44. The van der Waals surface area contributed by atoms with Gasteiger partial charge in [-0.05, 0) is 30.7 Å². The van der Waals surface area contributed by atoms with Crippen LogP contribution in [0.25, 0.3) is 6.08 Å². The molecule has 0 atom stereocenters. The van der Waals surface area contributed by atoms with E-state index in [0.717, 1.165) is 12.1 Å². The quantitative estimate of drug-likeness (QED) is 0.138. The van der Waals surface area contributed by atoms with Crippen molar-refractivity contribution in [3.63, 3.8) is 0 Å². The van der Waals surface area contributed by atoms with Crippen molar-refractivity contribution in [3.05, 3.63) is 72.8 Å². The largest absolute Gasteiger partial charge is 0.493 e. The molecular weight excluding hydrogens is 476 g/mol. The summed E-state index contributed by atoms with van der Waals surface area (Å²) in [7, 11) is 1.30. The number of amides is 1. The van der Waals surface area contributed by atoms with Crippen molar-refractivity contribution in [3.8, 4) is 17.6 Å². The van der Waals surface area contributed by atoms with Crippen molar-refractivity contribution in [2.24, 2.45) is 0 Å². The van der Waals surface area contributed by atoms with Gasteiger partial charge in [-0.3, -0.25) is 25.0 Å². The summed E-state index contributed by atoms with van der Waals surface area (Å²) in [6.45, 7) is 2.70. The minimum Gasteiger partial charge on any atom is -0.493 e. The number of benzene rings is 2. The molecule has 186 valence electrons. The zero-order chi connectivity index (χ0) is 26.4. The number of nitrogens with zero attached hydrogens (tertiary/aromatic N) is 4. The average molecular weight is 496 g/mol. The number of nitriles is 1. The van der Waals surface area contributed by atoms with Gasteiger partial charge < -0.3 is 19.1 Å².